The summed E-state index contributed by atoms with van der Waals surface area (Å²) in [7, 11) is 1.61. The van der Waals surface area contributed by atoms with Gasteiger partial charge in [-0.2, -0.15) is 0 Å². The Hall–Kier alpha value is -1.99. The highest BCUT2D eigenvalue weighted by atomic mass is 35.5. The first-order chi connectivity index (χ1) is 14.1. The molecule has 0 aliphatic carbocycles. The Morgan fingerprint density at radius 2 is 2.10 bits per heavy atom. The molecule has 1 aliphatic rings. The Morgan fingerprint density at radius 1 is 1.28 bits per heavy atom. The standard InChI is InChI=1S/C22H27ClFN3O2/c1-29-10-9-25-22(28)21-12-19(26-13-17-6-2-3-8-20(17)24)15-27(21)14-16-5-4-7-18(23)11-16/h2-8,11,19,21,26H,9-10,12-15H2,1H3,(H,25,28)/t19-,21-/m0/s1. The molecule has 3 rings (SSSR count). The number of rotatable bonds is 9. The van der Waals surface area contributed by atoms with Crippen LogP contribution >= 0.6 is 11.6 Å². The van der Waals surface area contributed by atoms with Gasteiger partial charge in [-0.25, -0.2) is 4.39 Å². The highest BCUT2D eigenvalue weighted by molar-refractivity contribution is 6.30. The number of nitrogens with zero attached hydrogens (tertiary/aromatic N) is 1. The zero-order chi connectivity index (χ0) is 20.6. The third-order valence-corrected chi connectivity index (χ3v) is 5.36. The lowest BCUT2D eigenvalue weighted by Gasteiger charge is -2.23. The Bertz CT molecular complexity index is 820. The topological polar surface area (TPSA) is 53.6 Å². The van der Waals surface area contributed by atoms with Gasteiger partial charge in [0, 0.05) is 49.9 Å². The van der Waals surface area contributed by atoms with E-state index < -0.39 is 0 Å². The molecule has 0 unspecified atom stereocenters. The molecule has 0 aromatic heterocycles. The minimum Gasteiger partial charge on any atom is -0.383 e. The molecule has 1 amide bonds. The highest BCUT2D eigenvalue weighted by Crippen LogP contribution is 2.23. The number of carbonyl (C=O) groups is 1. The number of halogens is 2. The summed E-state index contributed by atoms with van der Waals surface area (Å²) in [6, 6.07) is 14.2. The van der Waals surface area contributed by atoms with Gasteiger partial charge in [0.1, 0.15) is 5.82 Å². The number of hydrogen-bond donors (Lipinski definition) is 2. The van der Waals surface area contributed by atoms with Crippen LogP contribution in [0.25, 0.3) is 0 Å². The maximum absolute atomic E-state index is 13.9. The fourth-order valence-corrected chi connectivity index (χ4v) is 3.87. The van der Waals surface area contributed by atoms with Crippen LogP contribution in [0.4, 0.5) is 4.39 Å². The van der Waals surface area contributed by atoms with E-state index in [0.717, 1.165) is 5.56 Å². The normalized spacial score (nSPS) is 19.4. The second-order valence-electron chi connectivity index (χ2n) is 7.26. The van der Waals surface area contributed by atoms with Crippen molar-refractivity contribution >= 4 is 17.5 Å². The van der Waals surface area contributed by atoms with Crippen molar-refractivity contribution in [2.45, 2.75) is 31.6 Å². The molecular weight excluding hydrogens is 393 g/mol. The summed E-state index contributed by atoms with van der Waals surface area (Å²) in [6.45, 7) is 2.70. The molecule has 1 saturated heterocycles. The molecule has 156 valence electrons. The Morgan fingerprint density at radius 3 is 2.86 bits per heavy atom. The largest absolute Gasteiger partial charge is 0.383 e. The first-order valence-corrected chi connectivity index (χ1v) is 10.2. The zero-order valence-electron chi connectivity index (χ0n) is 16.5. The second-order valence-corrected chi connectivity index (χ2v) is 7.70. The lowest BCUT2D eigenvalue weighted by Crippen LogP contribution is -2.43. The van der Waals surface area contributed by atoms with Crippen LogP contribution in [0, 0.1) is 5.82 Å². The van der Waals surface area contributed by atoms with Crippen molar-refractivity contribution < 1.29 is 13.9 Å². The SMILES string of the molecule is COCCNC(=O)[C@@H]1C[C@H](NCc2ccccc2F)CN1Cc1cccc(Cl)c1. The number of carbonyl (C=O) groups excluding carboxylic acids is 1. The van der Waals surface area contributed by atoms with Crippen molar-refractivity contribution in [2.75, 3.05) is 26.8 Å². The van der Waals surface area contributed by atoms with E-state index in [-0.39, 0.29) is 23.8 Å². The molecule has 5 nitrogen and oxygen atoms in total. The van der Waals surface area contributed by atoms with Gasteiger partial charge in [0.2, 0.25) is 5.91 Å². The molecule has 0 saturated carbocycles. The van der Waals surface area contributed by atoms with Crippen LogP contribution in [0.3, 0.4) is 0 Å². The first-order valence-electron chi connectivity index (χ1n) is 9.78. The van der Waals surface area contributed by atoms with Gasteiger partial charge < -0.3 is 15.4 Å². The smallest absolute Gasteiger partial charge is 0.237 e. The lowest BCUT2D eigenvalue weighted by atomic mass is 10.1. The van der Waals surface area contributed by atoms with Crippen LogP contribution in [0.15, 0.2) is 48.5 Å². The van der Waals surface area contributed by atoms with Crippen molar-refractivity contribution in [1.29, 1.82) is 0 Å². The maximum atomic E-state index is 13.9. The minimum atomic E-state index is -0.260. The third-order valence-electron chi connectivity index (χ3n) is 5.13. The molecule has 29 heavy (non-hydrogen) atoms. The summed E-state index contributed by atoms with van der Waals surface area (Å²) >= 11 is 6.12. The average Bonchev–Trinajstić information content (AvgIpc) is 3.10. The molecule has 2 atom stereocenters. The van der Waals surface area contributed by atoms with Gasteiger partial charge in [0.05, 0.1) is 12.6 Å². The van der Waals surface area contributed by atoms with Crippen LogP contribution in [0.1, 0.15) is 17.5 Å². The van der Waals surface area contributed by atoms with E-state index in [9.17, 15) is 9.18 Å². The summed E-state index contributed by atoms with van der Waals surface area (Å²) in [6.07, 6.45) is 0.661. The zero-order valence-corrected chi connectivity index (χ0v) is 17.3. The van der Waals surface area contributed by atoms with E-state index in [1.54, 1.807) is 19.2 Å². The van der Waals surface area contributed by atoms with Gasteiger partial charge in [0.25, 0.3) is 0 Å². The number of amides is 1. The molecule has 0 bridgehead atoms. The van der Waals surface area contributed by atoms with Crippen LogP contribution in [0.5, 0.6) is 0 Å². The molecular formula is C22H27ClFN3O2. The number of ether oxygens (including phenoxy) is 1. The van der Waals surface area contributed by atoms with E-state index in [1.807, 2.05) is 30.3 Å². The molecule has 2 N–H and O–H groups in total. The van der Waals surface area contributed by atoms with Crippen molar-refractivity contribution in [2.24, 2.45) is 0 Å². The number of nitrogens with one attached hydrogen (secondary N) is 2. The summed E-state index contributed by atoms with van der Waals surface area (Å²) in [5, 5.41) is 7.02. The van der Waals surface area contributed by atoms with Crippen molar-refractivity contribution in [1.82, 2.24) is 15.5 Å². The first kappa shape index (κ1) is 21.7. The van der Waals surface area contributed by atoms with Gasteiger partial charge in [0.15, 0.2) is 0 Å². The summed E-state index contributed by atoms with van der Waals surface area (Å²) in [5.41, 5.74) is 1.68. The Balaban J connectivity index is 1.65. The van der Waals surface area contributed by atoms with E-state index >= 15 is 0 Å². The van der Waals surface area contributed by atoms with Crippen molar-refractivity contribution in [3.05, 3.63) is 70.5 Å². The Labute approximate surface area is 176 Å². The predicted molar refractivity (Wildman–Crippen MR) is 112 cm³/mol. The van der Waals surface area contributed by atoms with Crippen LogP contribution < -0.4 is 10.6 Å². The van der Waals surface area contributed by atoms with Crippen molar-refractivity contribution in [3.8, 4) is 0 Å². The van der Waals surface area contributed by atoms with E-state index in [4.69, 9.17) is 16.3 Å². The predicted octanol–water partition coefficient (Wildman–Crippen LogP) is 2.97. The number of benzene rings is 2. The molecule has 0 spiro atoms. The van der Waals surface area contributed by atoms with Gasteiger partial charge in [-0.1, -0.05) is 41.9 Å². The summed E-state index contributed by atoms with van der Waals surface area (Å²) in [4.78, 5) is 14.9. The number of likely N-dealkylation sites (tertiary alicyclic amines) is 1. The third kappa shape index (κ3) is 6.24. The number of methoxy groups -OCH3 is 1. The van der Waals surface area contributed by atoms with Gasteiger partial charge in [-0.05, 0) is 30.2 Å². The monoisotopic (exact) mass is 419 g/mol. The minimum absolute atomic E-state index is 0.0146. The fraction of sp³-hybridized carbons (Fsp3) is 0.409. The molecule has 0 radical (unpaired) electrons. The quantitative estimate of drug-likeness (QED) is 0.613. The highest BCUT2D eigenvalue weighted by Gasteiger charge is 2.36. The van der Waals surface area contributed by atoms with Gasteiger partial charge in [-0.3, -0.25) is 9.69 Å². The molecule has 2 aromatic carbocycles. The fourth-order valence-electron chi connectivity index (χ4n) is 3.66. The van der Waals surface area contributed by atoms with Gasteiger partial charge >= 0.3 is 0 Å². The summed E-state index contributed by atoms with van der Waals surface area (Å²) in [5.74, 6) is -0.234. The molecule has 1 heterocycles. The Kier molecular flexibility index (Phi) is 8.00. The lowest BCUT2D eigenvalue weighted by molar-refractivity contribution is -0.125. The second kappa shape index (κ2) is 10.7. The van der Waals surface area contributed by atoms with E-state index in [0.29, 0.717) is 49.8 Å². The van der Waals surface area contributed by atoms with Crippen LogP contribution in [-0.2, 0) is 22.6 Å². The van der Waals surface area contributed by atoms with E-state index in [2.05, 4.69) is 15.5 Å². The van der Waals surface area contributed by atoms with Crippen LogP contribution in [0.2, 0.25) is 5.02 Å². The maximum Gasteiger partial charge on any atom is 0.237 e. The molecule has 7 heteroatoms. The summed E-state index contributed by atoms with van der Waals surface area (Å²) < 4.78 is 18.9. The molecule has 2 aromatic rings. The van der Waals surface area contributed by atoms with Gasteiger partial charge in [-0.15, -0.1) is 0 Å². The molecule has 1 aliphatic heterocycles. The van der Waals surface area contributed by atoms with E-state index in [1.165, 1.54) is 6.07 Å². The number of hydrogen-bond acceptors (Lipinski definition) is 4. The van der Waals surface area contributed by atoms with Crippen molar-refractivity contribution in [3.63, 3.8) is 0 Å². The van der Waals surface area contributed by atoms with Crippen LogP contribution in [-0.4, -0.2) is 49.7 Å². The average molecular weight is 420 g/mol. The molecule has 1 fully saturated rings.